The summed E-state index contributed by atoms with van der Waals surface area (Å²) in [7, 11) is 0. The van der Waals surface area contributed by atoms with Gasteiger partial charge in [0, 0.05) is 10.8 Å². The van der Waals surface area contributed by atoms with Crippen molar-refractivity contribution in [1.82, 2.24) is 0 Å². The van der Waals surface area contributed by atoms with Crippen molar-refractivity contribution in [3.05, 3.63) is 11.6 Å². The third-order valence-electron chi connectivity index (χ3n) is 2.15. The molecule has 1 rings (SSSR count). The average molecular weight is 221 g/mol. The Balaban J connectivity index is 2.20. The smallest absolute Gasteiger partial charge is 0.303 e. The molecule has 1 aliphatic rings. The minimum Gasteiger partial charge on any atom is -0.481 e. The molecule has 1 fully saturated rings. The molecule has 13 heavy (non-hydrogen) atoms. The molecule has 0 aromatic rings. The van der Waals surface area contributed by atoms with Gasteiger partial charge in [-0.1, -0.05) is 18.2 Å². The van der Waals surface area contributed by atoms with Gasteiger partial charge >= 0.3 is 5.97 Å². The largest absolute Gasteiger partial charge is 0.481 e. The first-order valence-electron chi connectivity index (χ1n) is 4.17. The van der Waals surface area contributed by atoms with E-state index in [0.29, 0.717) is 11.5 Å². The number of thioether (sulfide) groups is 1. The summed E-state index contributed by atoms with van der Waals surface area (Å²) in [6.07, 6.45) is 2.39. The Morgan fingerprint density at radius 3 is 2.62 bits per heavy atom. The zero-order valence-corrected chi connectivity index (χ0v) is 8.96. The van der Waals surface area contributed by atoms with Crippen molar-refractivity contribution < 1.29 is 9.90 Å². The monoisotopic (exact) mass is 220 g/mol. The molecular formula is C9H13ClO2S. The van der Waals surface area contributed by atoms with Crippen LogP contribution in [0.15, 0.2) is 11.6 Å². The number of carbonyl (C=O) groups is 1. The van der Waals surface area contributed by atoms with E-state index in [2.05, 4.69) is 6.58 Å². The molecular weight excluding hydrogens is 208 g/mol. The summed E-state index contributed by atoms with van der Waals surface area (Å²) in [6, 6.07) is 0. The summed E-state index contributed by atoms with van der Waals surface area (Å²) in [6.45, 7) is 3.58. The molecule has 0 amide bonds. The fraction of sp³-hybridized carbons (Fsp3) is 0.667. The van der Waals surface area contributed by atoms with Gasteiger partial charge < -0.3 is 5.11 Å². The second-order valence-electron chi connectivity index (χ2n) is 3.58. The highest BCUT2D eigenvalue weighted by atomic mass is 35.5. The fourth-order valence-corrected chi connectivity index (χ4v) is 2.63. The molecule has 4 heteroatoms. The lowest BCUT2D eigenvalue weighted by Crippen LogP contribution is -2.11. The quantitative estimate of drug-likeness (QED) is 0.748. The van der Waals surface area contributed by atoms with Gasteiger partial charge in [0.1, 0.15) is 0 Å². The van der Waals surface area contributed by atoms with Crippen LogP contribution in [0.3, 0.4) is 0 Å². The Labute approximate surface area is 87.3 Å². The first kappa shape index (κ1) is 10.9. The molecule has 0 spiro atoms. The predicted octanol–water partition coefficient (Wildman–Crippen LogP) is 2.73. The molecule has 0 aliphatic heterocycles. The Hall–Kier alpha value is -0.150. The van der Waals surface area contributed by atoms with Crippen LogP contribution in [0.1, 0.15) is 19.3 Å². The maximum Gasteiger partial charge on any atom is 0.303 e. The molecule has 0 aromatic heterocycles. The summed E-state index contributed by atoms with van der Waals surface area (Å²) in [5.41, 5.74) is 0.0723. The van der Waals surface area contributed by atoms with Gasteiger partial charge in [0.25, 0.3) is 0 Å². The second-order valence-corrected chi connectivity index (χ2v) is 5.10. The molecule has 0 unspecified atom stereocenters. The standard InChI is InChI=1S/C9H13ClO2S/c1-7(10)5-13-6-9(2-3-9)4-8(11)12/h1-6H2,(H,11,12). The lowest BCUT2D eigenvalue weighted by atomic mass is 10.1. The SMILES string of the molecule is C=C(Cl)CSCC1(CC(=O)O)CC1. The molecule has 0 aromatic carbocycles. The van der Waals surface area contributed by atoms with Gasteiger partial charge in [-0.3, -0.25) is 4.79 Å². The van der Waals surface area contributed by atoms with Crippen LogP contribution in [0.2, 0.25) is 0 Å². The summed E-state index contributed by atoms with van der Waals surface area (Å²) >= 11 is 7.28. The molecule has 0 saturated heterocycles. The molecule has 1 saturated carbocycles. The van der Waals surface area contributed by atoms with Crippen LogP contribution in [0.25, 0.3) is 0 Å². The maximum absolute atomic E-state index is 10.5. The lowest BCUT2D eigenvalue weighted by Gasteiger charge is -2.10. The van der Waals surface area contributed by atoms with Crippen LogP contribution in [-0.2, 0) is 4.79 Å². The molecule has 0 heterocycles. The van der Waals surface area contributed by atoms with Gasteiger partial charge in [0.2, 0.25) is 0 Å². The highest BCUT2D eigenvalue weighted by molar-refractivity contribution is 7.99. The normalized spacial score (nSPS) is 18.2. The first-order valence-corrected chi connectivity index (χ1v) is 5.70. The number of hydrogen-bond donors (Lipinski definition) is 1. The van der Waals surface area contributed by atoms with E-state index < -0.39 is 5.97 Å². The highest BCUT2D eigenvalue weighted by Gasteiger charge is 2.43. The molecule has 0 atom stereocenters. The minimum absolute atomic E-state index is 0.0723. The zero-order valence-electron chi connectivity index (χ0n) is 7.38. The van der Waals surface area contributed by atoms with Crippen LogP contribution in [0, 0.1) is 5.41 Å². The van der Waals surface area contributed by atoms with E-state index in [4.69, 9.17) is 16.7 Å². The van der Waals surface area contributed by atoms with E-state index in [9.17, 15) is 4.79 Å². The lowest BCUT2D eigenvalue weighted by molar-refractivity contribution is -0.138. The third kappa shape index (κ3) is 4.05. The predicted molar refractivity (Wildman–Crippen MR) is 56.2 cm³/mol. The number of aliphatic carboxylic acids is 1. The van der Waals surface area contributed by atoms with E-state index >= 15 is 0 Å². The zero-order chi connectivity index (χ0) is 9.90. The number of rotatable bonds is 6. The van der Waals surface area contributed by atoms with Crippen LogP contribution >= 0.6 is 23.4 Å². The van der Waals surface area contributed by atoms with Crippen molar-refractivity contribution >= 4 is 29.3 Å². The second kappa shape index (κ2) is 4.38. The Bertz CT molecular complexity index is 224. The molecule has 1 aliphatic carbocycles. The van der Waals surface area contributed by atoms with Gasteiger partial charge in [0.05, 0.1) is 6.42 Å². The first-order chi connectivity index (χ1) is 6.04. The minimum atomic E-state index is -0.692. The number of carboxylic acids is 1. The average Bonchev–Trinajstić information content (AvgIpc) is 2.66. The van der Waals surface area contributed by atoms with Gasteiger partial charge in [0.15, 0.2) is 0 Å². The van der Waals surface area contributed by atoms with Gasteiger partial charge in [-0.2, -0.15) is 11.8 Å². The van der Waals surface area contributed by atoms with Crippen molar-refractivity contribution in [2.75, 3.05) is 11.5 Å². The Morgan fingerprint density at radius 1 is 1.62 bits per heavy atom. The summed E-state index contributed by atoms with van der Waals surface area (Å²) in [5.74, 6) is 0.927. The highest BCUT2D eigenvalue weighted by Crippen LogP contribution is 2.51. The van der Waals surface area contributed by atoms with E-state index in [1.807, 2.05) is 0 Å². The molecule has 0 radical (unpaired) electrons. The molecule has 0 bridgehead atoms. The van der Waals surface area contributed by atoms with Crippen LogP contribution in [0.5, 0.6) is 0 Å². The van der Waals surface area contributed by atoms with Crippen molar-refractivity contribution in [2.45, 2.75) is 19.3 Å². The van der Waals surface area contributed by atoms with E-state index in [0.717, 1.165) is 24.3 Å². The van der Waals surface area contributed by atoms with Crippen LogP contribution in [-0.4, -0.2) is 22.6 Å². The topological polar surface area (TPSA) is 37.3 Å². The van der Waals surface area contributed by atoms with E-state index in [1.54, 1.807) is 11.8 Å². The third-order valence-corrected chi connectivity index (χ3v) is 3.81. The van der Waals surface area contributed by atoms with E-state index in [-0.39, 0.29) is 5.41 Å². The Morgan fingerprint density at radius 2 is 2.23 bits per heavy atom. The van der Waals surface area contributed by atoms with Crippen molar-refractivity contribution in [1.29, 1.82) is 0 Å². The van der Waals surface area contributed by atoms with Crippen molar-refractivity contribution in [3.8, 4) is 0 Å². The van der Waals surface area contributed by atoms with Crippen molar-refractivity contribution in [3.63, 3.8) is 0 Å². The Kier molecular flexibility index (Phi) is 3.68. The summed E-state index contributed by atoms with van der Waals surface area (Å²) in [5, 5.41) is 9.28. The summed E-state index contributed by atoms with van der Waals surface area (Å²) in [4.78, 5) is 10.5. The molecule has 2 nitrogen and oxygen atoms in total. The van der Waals surface area contributed by atoms with Gasteiger partial charge in [-0.25, -0.2) is 0 Å². The number of halogens is 1. The number of carboxylic acid groups (broad SMARTS) is 1. The van der Waals surface area contributed by atoms with E-state index in [1.165, 1.54) is 0 Å². The fourth-order valence-electron chi connectivity index (χ4n) is 1.25. The van der Waals surface area contributed by atoms with Gasteiger partial charge in [-0.15, -0.1) is 0 Å². The molecule has 1 N–H and O–H groups in total. The maximum atomic E-state index is 10.5. The molecule has 74 valence electrons. The number of hydrogen-bond acceptors (Lipinski definition) is 2. The van der Waals surface area contributed by atoms with Crippen molar-refractivity contribution in [2.24, 2.45) is 5.41 Å². The van der Waals surface area contributed by atoms with Crippen LogP contribution < -0.4 is 0 Å². The summed E-state index contributed by atoms with van der Waals surface area (Å²) < 4.78 is 0. The van der Waals surface area contributed by atoms with Crippen LogP contribution in [0.4, 0.5) is 0 Å². The van der Waals surface area contributed by atoms with Gasteiger partial charge in [-0.05, 0) is 24.0 Å².